The third kappa shape index (κ3) is 2.19. The van der Waals surface area contributed by atoms with Crippen LogP contribution in [-0.4, -0.2) is 14.5 Å². The van der Waals surface area contributed by atoms with Gasteiger partial charge in [-0.05, 0) is 18.2 Å². The summed E-state index contributed by atoms with van der Waals surface area (Å²) in [7, 11) is 1.97. The minimum absolute atomic E-state index is 0.664. The van der Waals surface area contributed by atoms with E-state index in [2.05, 4.69) is 15.3 Å². The van der Waals surface area contributed by atoms with E-state index in [1.165, 1.54) is 0 Å². The first kappa shape index (κ1) is 11.5. The second-order valence-electron chi connectivity index (χ2n) is 3.94. The third-order valence-corrected chi connectivity index (χ3v) is 3.90. The predicted octanol–water partition coefficient (Wildman–Crippen LogP) is 3.30. The molecule has 18 heavy (non-hydrogen) atoms. The lowest BCUT2D eigenvalue weighted by atomic mass is 10.3. The minimum Gasteiger partial charge on any atom is -0.354 e. The Labute approximate surface area is 113 Å². The van der Waals surface area contributed by atoms with Gasteiger partial charge in [0.15, 0.2) is 5.13 Å². The molecule has 0 unspecified atom stereocenters. The lowest BCUT2D eigenvalue weighted by molar-refractivity contribution is 0.812. The van der Waals surface area contributed by atoms with Gasteiger partial charge in [-0.1, -0.05) is 22.9 Å². The molecule has 0 saturated carbocycles. The average Bonchev–Trinajstić information content (AvgIpc) is 2.92. The van der Waals surface area contributed by atoms with Crippen LogP contribution in [0.15, 0.2) is 30.6 Å². The number of fused-ring (bicyclic) bond motifs is 1. The van der Waals surface area contributed by atoms with Crippen molar-refractivity contribution in [2.45, 2.75) is 6.54 Å². The standard InChI is InChI=1S/C12H11ClN4S/c1-17-5-4-14-11(17)7-15-12-16-9-6-8(13)2-3-10(9)18-12/h2-6H,7H2,1H3,(H,15,16). The second kappa shape index (κ2) is 4.59. The molecule has 0 amide bonds. The summed E-state index contributed by atoms with van der Waals surface area (Å²) in [6.07, 6.45) is 3.71. The van der Waals surface area contributed by atoms with Crippen molar-refractivity contribution in [2.24, 2.45) is 7.05 Å². The topological polar surface area (TPSA) is 42.7 Å². The fourth-order valence-corrected chi connectivity index (χ4v) is 2.71. The van der Waals surface area contributed by atoms with Crippen molar-refractivity contribution < 1.29 is 0 Å². The van der Waals surface area contributed by atoms with Gasteiger partial charge in [0.05, 0.1) is 16.8 Å². The van der Waals surface area contributed by atoms with Gasteiger partial charge in [-0.15, -0.1) is 0 Å². The molecule has 6 heteroatoms. The van der Waals surface area contributed by atoms with E-state index in [9.17, 15) is 0 Å². The van der Waals surface area contributed by atoms with E-state index in [1.807, 2.05) is 36.0 Å². The first-order valence-corrected chi connectivity index (χ1v) is 6.68. The number of halogens is 1. The molecule has 0 bridgehead atoms. The molecular formula is C12H11ClN4S. The predicted molar refractivity (Wildman–Crippen MR) is 75.2 cm³/mol. The normalized spacial score (nSPS) is 11.0. The molecule has 0 aliphatic rings. The fourth-order valence-electron chi connectivity index (χ4n) is 1.70. The molecule has 0 aliphatic carbocycles. The van der Waals surface area contributed by atoms with Crippen LogP contribution < -0.4 is 5.32 Å². The molecular weight excluding hydrogens is 268 g/mol. The number of rotatable bonds is 3. The fraction of sp³-hybridized carbons (Fsp3) is 0.167. The maximum absolute atomic E-state index is 5.94. The number of nitrogens with zero attached hydrogens (tertiary/aromatic N) is 3. The molecule has 0 radical (unpaired) electrons. The van der Waals surface area contributed by atoms with Crippen LogP contribution in [0.2, 0.25) is 5.02 Å². The SMILES string of the molecule is Cn1ccnc1CNc1nc2cc(Cl)ccc2s1. The molecule has 0 saturated heterocycles. The molecule has 3 aromatic rings. The lowest BCUT2D eigenvalue weighted by Crippen LogP contribution is -2.05. The maximum Gasteiger partial charge on any atom is 0.184 e. The van der Waals surface area contributed by atoms with Crippen LogP contribution in [0.1, 0.15) is 5.82 Å². The van der Waals surface area contributed by atoms with Crippen LogP contribution in [-0.2, 0) is 13.6 Å². The smallest absolute Gasteiger partial charge is 0.184 e. The highest BCUT2D eigenvalue weighted by molar-refractivity contribution is 7.22. The van der Waals surface area contributed by atoms with Crippen molar-refractivity contribution in [3.63, 3.8) is 0 Å². The van der Waals surface area contributed by atoms with Gasteiger partial charge >= 0.3 is 0 Å². The Morgan fingerprint density at radius 3 is 3.11 bits per heavy atom. The summed E-state index contributed by atoms with van der Waals surface area (Å²) in [5.41, 5.74) is 0.926. The summed E-state index contributed by atoms with van der Waals surface area (Å²) >= 11 is 7.55. The van der Waals surface area contributed by atoms with E-state index >= 15 is 0 Å². The van der Waals surface area contributed by atoms with Crippen molar-refractivity contribution in [3.8, 4) is 0 Å². The van der Waals surface area contributed by atoms with Crippen LogP contribution >= 0.6 is 22.9 Å². The Bertz CT molecular complexity index is 688. The Balaban J connectivity index is 1.81. The van der Waals surface area contributed by atoms with Crippen LogP contribution in [0.25, 0.3) is 10.2 Å². The van der Waals surface area contributed by atoms with E-state index < -0.39 is 0 Å². The summed E-state index contributed by atoms with van der Waals surface area (Å²) in [5, 5.41) is 4.87. The zero-order valence-corrected chi connectivity index (χ0v) is 11.3. The number of nitrogens with one attached hydrogen (secondary N) is 1. The summed E-state index contributed by atoms with van der Waals surface area (Å²) in [4.78, 5) is 8.74. The van der Waals surface area contributed by atoms with Crippen LogP contribution in [0, 0.1) is 0 Å². The number of anilines is 1. The van der Waals surface area contributed by atoms with Gasteiger partial charge in [-0.25, -0.2) is 9.97 Å². The van der Waals surface area contributed by atoms with E-state index in [-0.39, 0.29) is 0 Å². The first-order valence-electron chi connectivity index (χ1n) is 5.48. The lowest BCUT2D eigenvalue weighted by Gasteiger charge is -2.01. The molecule has 92 valence electrons. The molecule has 2 heterocycles. The zero-order valence-electron chi connectivity index (χ0n) is 9.72. The molecule has 0 aliphatic heterocycles. The average molecular weight is 279 g/mol. The number of aryl methyl sites for hydroxylation is 1. The number of imidazole rings is 1. The van der Waals surface area contributed by atoms with Gasteiger partial charge in [0.1, 0.15) is 5.82 Å². The van der Waals surface area contributed by atoms with Gasteiger partial charge in [0.2, 0.25) is 0 Å². The van der Waals surface area contributed by atoms with Crippen LogP contribution in [0.3, 0.4) is 0 Å². The number of hydrogen-bond donors (Lipinski definition) is 1. The molecule has 0 atom stereocenters. The molecule has 1 N–H and O–H groups in total. The quantitative estimate of drug-likeness (QED) is 0.799. The van der Waals surface area contributed by atoms with Gasteiger partial charge in [0, 0.05) is 24.5 Å². The van der Waals surface area contributed by atoms with Crippen molar-refractivity contribution in [1.82, 2.24) is 14.5 Å². The van der Waals surface area contributed by atoms with Crippen molar-refractivity contribution in [3.05, 3.63) is 41.4 Å². The van der Waals surface area contributed by atoms with Gasteiger partial charge in [0.25, 0.3) is 0 Å². The largest absolute Gasteiger partial charge is 0.354 e. The molecule has 0 spiro atoms. The van der Waals surface area contributed by atoms with E-state index in [4.69, 9.17) is 11.6 Å². The summed E-state index contributed by atoms with van der Waals surface area (Å²) in [5.74, 6) is 0.979. The van der Waals surface area contributed by atoms with Gasteiger partial charge < -0.3 is 9.88 Å². The Hall–Kier alpha value is -1.59. The van der Waals surface area contributed by atoms with Crippen LogP contribution in [0.4, 0.5) is 5.13 Å². The highest BCUT2D eigenvalue weighted by Crippen LogP contribution is 2.28. The summed E-state index contributed by atoms with van der Waals surface area (Å²) in [6, 6.07) is 5.74. The number of hydrogen-bond acceptors (Lipinski definition) is 4. The van der Waals surface area contributed by atoms with Crippen molar-refractivity contribution in [1.29, 1.82) is 0 Å². The number of thiazole rings is 1. The second-order valence-corrected chi connectivity index (χ2v) is 5.41. The third-order valence-electron chi connectivity index (χ3n) is 2.67. The summed E-state index contributed by atoms with van der Waals surface area (Å²) in [6.45, 7) is 0.664. The van der Waals surface area contributed by atoms with Gasteiger partial charge in [-0.3, -0.25) is 0 Å². The zero-order chi connectivity index (χ0) is 12.5. The molecule has 2 aromatic heterocycles. The maximum atomic E-state index is 5.94. The Morgan fingerprint density at radius 2 is 2.33 bits per heavy atom. The monoisotopic (exact) mass is 278 g/mol. The van der Waals surface area contributed by atoms with Gasteiger partial charge in [-0.2, -0.15) is 0 Å². The molecule has 0 fully saturated rings. The Kier molecular flexibility index (Phi) is 2.93. The van der Waals surface area contributed by atoms with Crippen LogP contribution in [0.5, 0.6) is 0 Å². The highest BCUT2D eigenvalue weighted by atomic mass is 35.5. The van der Waals surface area contributed by atoms with Crippen molar-refractivity contribution >= 4 is 38.3 Å². The van der Waals surface area contributed by atoms with Crippen molar-refractivity contribution in [2.75, 3.05) is 5.32 Å². The van der Waals surface area contributed by atoms with E-state index in [0.717, 1.165) is 21.2 Å². The minimum atomic E-state index is 0.664. The number of aromatic nitrogens is 3. The summed E-state index contributed by atoms with van der Waals surface area (Å²) < 4.78 is 3.11. The first-order chi connectivity index (χ1) is 8.72. The Morgan fingerprint density at radius 1 is 1.44 bits per heavy atom. The molecule has 3 rings (SSSR count). The highest BCUT2D eigenvalue weighted by Gasteiger charge is 2.05. The molecule has 4 nitrogen and oxygen atoms in total. The van der Waals surface area contributed by atoms with E-state index in [0.29, 0.717) is 11.6 Å². The number of benzene rings is 1. The van der Waals surface area contributed by atoms with E-state index in [1.54, 1.807) is 17.5 Å². The molecule has 1 aromatic carbocycles.